The van der Waals surface area contributed by atoms with Gasteiger partial charge in [-0.05, 0) is 32.2 Å². The summed E-state index contributed by atoms with van der Waals surface area (Å²) in [7, 11) is 1.32. The molecule has 2 rings (SSSR count). The van der Waals surface area contributed by atoms with E-state index in [1.54, 1.807) is 0 Å². The first-order valence-corrected chi connectivity index (χ1v) is 7.02. The van der Waals surface area contributed by atoms with E-state index in [4.69, 9.17) is 4.74 Å². The minimum Gasteiger partial charge on any atom is -0.467 e. The Bertz CT molecular complexity index is 393. The number of carbonyl (C=O) groups is 3. The first-order chi connectivity index (χ1) is 9.63. The second-order valence-corrected chi connectivity index (χ2v) is 5.14. The minimum absolute atomic E-state index is 0.0650. The van der Waals surface area contributed by atoms with Crippen LogP contribution >= 0.6 is 0 Å². The van der Waals surface area contributed by atoms with E-state index in [9.17, 15) is 14.4 Å². The van der Waals surface area contributed by atoms with Gasteiger partial charge < -0.3 is 20.3 Å². The fourth-order valence-electron chi connectivity index (χ4n) is 2.74. The highest BCUT2D eigenvalue weighted by molar-refractivity contribution is 5.90. The fraction of sp³-hybridized carbons (Fsp3) is 0.769. The molecule has 2 heterocycles. The summed E-state index contributed by atoms with van der Waals surface area (Å²) >= 11 is 0. The van der Waals surface area contributed by atoms with Gasteiger partial charge in [0, 0.05) is 6.54 Å². The van der Waals surface area contributed by atoms with Gasteiger partial charge in [-0.2, -0.15) is 0 Å². The number of hydrogen-bond acceptors (Lipinski definition) is 5. The van der Waals surface area contributed by atoms with E-state index in [1.807, 2.05) is 0 Å². The van der Waals surface area contributed by atoms with E-state index in [0.717, 1.165) is 25.8 Å². The Morgan fingerprint density at radius 2 is 2.10 bits per heavy atom. The number of hydrogen-bond donors (Lipinski definition) is 2. The molecule has 0 unspecified atom stereocenters. The van der Waals surface area contributed by atoms with Crippen LogP contribution in [0.15, 0.2) is 0 Å². The molecule has 2 saturated heterocycles. The summed E-state index contributed by atoms with van der Waals surface area (Å²) in [6.45, 7) is 1.31. The highest BCUT2D eigenvalue weighted by Crippen LogP contribution is 2.18. The average molecular weight is 283 g/mol. The Labute approximate surface area is 118 Å². The lowest BCUT2D eigenvalue weighted by atomic mass is 10.2. The van der Waals surface area contributed by atoms with Crippen molar-refractivity contribution in [2.45, 2.75) is 37.8 Å². The highest BCUT2D eigenvalue weighted by Gasteiger charge is 2.35. The van der Waals surface area contributed by atoms with E-state index in [0.29, 0.717) is 13.0 Å². The number of nitrogens with zero attached hydrogens (tertiary/aromatic N) is 1. The van der Waals surface area contributed by atoms with Gasteiger partial charge in [-0.3, -0.25) is 9.59 Å². The fourth-order valence-corrected chi connectivity index (χ4v) is 2.74. The molecular formula is C13H21N3O4. The van der Waals surface area contributed by atoms with Crippen LogP contribution in [0.4, 0.5) is 0 Å². The Hall–Kier alpha value is -1.63. The summed E-state index contributed by atoms with van der Waals surface area (Å²) in [6.07, 6.45) is 3.18. The molecule has 20 heavy (non-hydrogen) atoms. The lowest BCUT2D eigenvalue weighted by Gasteiger charge is -2.23. The average Bonchev–Trinajstić information content (AvgIpc) is 3.13. The van der Waals surface area contributed by atoms with E-state index < -0.39 is 6.04 Å². The van der Waals surface area contributed by atoms with Crippen molar-refractivity contribution in [2.75, 3.05) is 26.7 Å². The van der Waals surface area contributed by atoms with Crippen molar-refractivity contribution in [3.05, 3.63) is 0 Å². The lowest BCUT2D eigenvalue weighted by molar-refractivity contribution is -0.150. The first kappa shape index (κ1) is 14.8. The molecule has 2 aliphatic rings. The number of carbonyl (C=O) groups excluding carboxylic acids is 3. The smallest absolute Gasteiger partial charge is 0.328 e. The lowest BCUT2D eigenvalue weighted by Crippen LogP contribution is -2.48. The molecule has 0 bridgehead atoms. The van der Waals surface area contributed by atoms with Crippen molar-refractivity contribution in [1.29, 1.82) is 0 Å². The summed E-state index contributed by atoms with van der Waals surface area (Å²) in [4.78, 5) is 36.9. The van der Waals surface area contributed by atoms with Crippen molar-refractivity contribution in [3.63, 3.8) is 0 Å². The maximum atomic E-state index is 12.1. The highest BCUT2D eigenvalue weighted by atomic mass is 16.5. The Morgan fingerprint density at radius 3 is 2.75 bits per heavy atom. The summed E-state index contributed by atoms with van der Waals surface area (Å²) in [6, 6.07) is -0.702. The molecule has 0 aliphatic carbocycles. The van der Waals surface area contributed by atoms with Gasteiger partial charge in [0.05, 0.1) is 19.7 Å². The molecule has 2 atom stereocenters. The number of likely N-dealkylation sites (tertiary alicyclic amines) is 1. The van der Waals surface area contributed by atoms with Gasteiger partial charge in [-0.15, -0.1) is 0 Å². The Morgan fingerprint density at radius 1 is 1.30 bits per heavy atom. The molecule has 0 spiro atoms. The van der Waals surface area contributed by atoms with Gasteiger partial charge in [0.15, 0.2) is 0 Å². The van der Waals surface area contributed by atoms with Gasteiger partial charge in [-0.25, -0.2) is 4.79 Å². The van der Waals surface area contributed by atoms with E-state index in [2.05, 4.69) is 10.6 Å². The van der Waals surface area contributed by atoms with E-state index in [1.165, 1.54) is 12.0 Å². The maximum Gasteiger partial charge on any atom is 0.328 e. The molecule has 0 aromatic carbocycles. The van der Waals surface area contributed by atoms with Crippen molar-refractivity contribution >= 4 is 17.8 Å². The third-order valence-electron chi connectivity index (χ3n) is 3.84. The summed E-state index contributed by atoms with van der Waals surface area (Å²) < 4.78 is 4.69. The third-order valence-corrected chi connectivity index (χ3v) is 3.84. The third kappa shape index (κ3) is 3.27. The molecule has 0 aromatic rings. The van der Waals surface area contributed by atoms with Gasteiger partial charge in [0.2, 0.25) is 11.8 Å². The standard InChI is InChI=1S/C13H21N3O4/c1-20-13(19)10-5-3-7-16(10)11(17)8-15-12(18)9-4-2-6-14-9/h9-10,14H,2-8H2,1H3,(H,15,18)/t9-,10-/m0/s1. The molecule has 0 radical (unpaired) electrons. The molecule has 7 heteroatoms. The monoisotopic (exact) mass is 283 g/mol. The van der Waals surface area contributed by atoms with E-state index >= 15 is 0 Å². The van der Waals surface area contributed by atoms with Gasteiger partial charge >= 0.3 is 5.97 Å². The summed E-state index contributed by atoms with van der Waals surface area (Å²) in [5, 5.41) is 5.71. The number of amides is 2. The number of ether oxygens (including phenoxy) is 1. The van der Waals surface area contributed by atoms with Crippen LogP contribution in [0.2, 0.25) is 0 Å². The van der Waals surface area contributed by atoms with Crippen LogP contribution in [0.3, 0.4) is 0 Å². The van der Waals surface area contributed by atoms with Crippen LogP contribution in [0, 0.1) is 0 Å². The van der Waals surface area contributed by atoms with Crippen LogP contribution in [-0.4, -0.2) is 61.5 Å². The number of rotatable bonds is 4. The van der Waals surface area contributed by atoms with E-state index in [-0.39, 0.29) is 30.4 Å². The zero-order valence-electron chi connectivity index (χ0n) is 11.7. The quantitative estimate of drug-likeness (QED) is 0.647. The molecule has 7 nitrogen and oxygen atoms in total. The molecule has 2 aliphatic heterocycles. The normalized spacial score (nSPS) is 25.6. The molecule has 0 saturated carbocycles. The zero-order chi connectivity index (χ0) is 14.5. The van der Waals surface area contributed by atoms with Crippen molar-refractivity contribution in [2.24, 2.45) is 0 Å². The SMILES string of the molecule is COC(=O)[C@@H]1CCCN1C(=O)CNC(=O)[C@@H]1CCCN1. The second kappa shape index (κ2) is 6.69. The molecule has 2 fully saturated rings. The van der Waals surface area contributed by atoms with Crippen LogP contribution in [0.25, 0.3) is 0 Å². The van der Waals surface area contributed by atoms with Crippen LogP contribution < -0.4 is 10.6 Å². The van der Waals surface area contributed by atoms with Crippen molar-refractivity contribution in [1.82, 2.24) is 15.5 Å². The maximum absolute atomic E-state index is 12.1. The Balaban J connectivity index is 1.81. The van der Waals surface area contributed by atoms with Crippen LogP contribution in [0.5, 0.6) is 0 Å². The second-order valence-electron chi connectivity index (χ2n) is 5.14. The summed E-state index contributed by atoms with van der Waals surface area (Å²) in [5.74, 6) is -0.770. The molecule has 2 amide bonds. The number of esters is 1. The molecule has 2 N–H and O–H groups in total. The van der Waals surface area contributed by atoms with Crippen molar-refractivity contribution < 1.29 is 19.1 Å². The topological polar surface area (TPSA) is 87.7 Å². The van der Waals surface area contributed by atoms with Gasteiger partial charge in [0.1, 0.15) is 6.04 Å². The van der Waals surface area contributed by atoms with Crippen LogP contribution in [-0.2, 0) is 19.1 Å². The predicted molar refractivity (Wildman–Crippen MR) is 70.8 cm³/mol. The van der Waals surface area contributed by atoms with Crippen LogP contribution in [0.1, 0.15) is 25.7 Å². The first-order valence-electron chi connectivity index (χ1n) is 7.02. The molecule has 112 valence electrons. The molecular weight excluding hydrogens is 262 g/mol. The Kier molecular flexibility index (Phi) is 4.94. The van der Waals surface area contributed by atoms with Gasteiger partial charge in [0.25, 0.3) is 0 Å². The van der Waals surface area contributed by atoms with Gasteiger partial charge in [-0.1, -0.05) is 0 Å². The number of nitrogens with one attached hydrogen (secondary N) is 2. The predicted octanol–water partition coefficient (Wildman–Crippen LogP) is -0.981. The molecule has 0 aromatic heterocycles. The largest absolute Gasteiger partial charge is 0.467 e. The number of methoxy groups -OCH3 is 1. The minimum atomic E-state index is -0.506. The summed E-state index contributed by atoms with van der Waals surface area (Å²) in [5.41, 5.74) is 0. The van der Waals surface area contributed by atoms with Crippen molar-refractivity contribution in [3.8, 4) is 0 Å². The zero-order valence-corrected chi connectivity index (χ0v) is 11.7.